The van der Waals surface area contributed by atoms with E-state index in [9.17, 15) is 4.79 Å². The predicted octanol–water partition coefficient (Wildman–Crippen LogP) is 3.98. The van der Waals surface area contributed by atoms with Crippen molar-refractivity contribution < 1.29 is 9.53 Å². The van der Waals surface area contributed by atoms with E-state index in [2.05, 4.69) is 29.6 Å². The molecule has 0 aliphatic rings. The minimum absolute atomic E-state index is 0.0314. The van der Waals surface area contributed by atoms with Crippen LogP contribution in [0.2, 0.25) is 0 Å². The van der Waals surface area contributed by atoms with E-state index in [0.717, 1.165) is 25.0 Å². The second-order valence-electron chi connectivity index (χ2n) is 5.56. The van der Waals surface area contributed by atoms with Crippen LogP contribution < -0.4 is 10.1 Å². The fraction of sp³-hybridized carbons (Fsp3) is 0.350. The minimum atomic E-state index is -0.425. The number of hydrogen-bond donors (Lipinski definition) is 1. The first-order valence-corrected chi connectivity index (χ1v) is 8.33. The van der Waals surface area contributed by atoms with E-state index in [1.165, 1.54) is 5.56 Å². The Morgan fingerprint density at radius 3 is 2.30 bits per heavy atom. The molecule has 2 aromatic rings. The van der Waals surface area contributed by atoms with Gasteiger partial charge in [0.05, 0.1) is 0 Å². The molecule has 3 heteroatoms. The summed E-state index contributed by atoms with van der Waals surface area (Å²) in [5.41, 5.74) is 1.35. The average Bonchev–Trinajstić information content (AvgIpc) is 2.61. The highest BCUT2D eigenvalue weighted by molar-refractivity contribution is 5.81. The third kappa shape index (κ3) is 6.15. The number of carbonyl (C=O) groups is 1. The Bertz CT molecular complexity index is 569. The van der Waals surface area contributed by atoms with Crippen molar-refractivity contribution in [3.05, 3.63) is 66.2 Å². The second-order valence-corrected chi connectivity index (χ2v) is 5.56. The molecular formula is C20H25NO2. The lowest BCUT2D eigenvalue weighted by molar-refractivity contribution is -0.128. The second kappa shape index (κ2) is 9.67. The van der Waals surface area contributed by atoms with Crippen LogP contribution in [-0.2, 0) is 11.2 Å². The maximum Gasteiger partial charge on any atom is 0.261 e. The number of benzene rings is 2. The van der Waals surface area contributed by atoms with Crippen LogP contribution in [0.1, 0.15) is 31.7 Å². The van der Waals surface area contributed by atoms with Crippen LogP contribution in [0.3, 0.4) is 0 Å². The number of aryl methyl sites for hydroxylation is 1. The molecule has 3 nitrogen and oxygen atoms in total. The van der Waals surface area contributed by atoms with Gasteiger partial charge in [0.2, 0.25) is 0 Å². The summed E-state index contributed by atoms with van der Waals surface area (Å²) in [7, 11) is 0. The van der Waals surface area contributed by atoms with E-state index in [4.69, 9.17) is 4.74 Å². The first-order chi connectivity index (χ1) is 11.3. The maximum absolute atomic E-state index is 12.2. The number of ether oxygens (including phenoxy) is 1. The van der Waals surface area contributed by atoms with Crippen LogP contribution in [0.5, 0.6) is 5.75 Å². The van der Waals surface area contributed by atoms with Gasteiger partial charge in [-0.2, -0.15) is 0 Å². The molecule has 0 saturated carbocycles. The van der Waals surface area contributed by atoms with Gasteiger partial charge in [0.25, 0.3) is 5.91 Å². The number of amides is 1. The predicted molar refractivity (Wildman–Crippen MR) is 93.5 cm³/mol. The van der Waals surface area contributed by atoms with E-state index in [0.29, 0.717) is 13.0 Å². The zero-order chi connectivity index (χ0) is 16.3. The Hall–Kier alpha value is -2.29. The number of para-hydroxylation sites is 1. The van der Waals surface area contributed by atoms with Gasteiger partial charge in [-0.3, -0.25) is 4.79 Å². The lowest BCUT2D eigenvalue weighted by Gasteiger charge is -2.17. The molecule has 0 saturated heterocycles. The molecule has 23 heavy (non-hydrogen) atoms. The summed E-state index contributed by atoms with van der Waals surface area (Å²) in [6, 6.07) is 19.9. The summed E-state index contributed by atoms with van der Waals surface area (Å²) in [6.07, 6.45) is 3.33. The average molecular weight is 311 g/mol. The number of hydrogen-bond acceptors (Lipinski definition) is 2. The van der Waals surface area contributed by atoms with E-state index >= 15 is 0 Å². The molecule has 0 aromatic heterocycles. The maximum atomic E-state index is 12.2. The van der Waals surface area contributed by atoms with Gasteiger partial charge in [0, 0.05) is 6.54 Å². The van der Waals surface area contributed by atoms with Crippen LogP contribution >= 0.6 is 0 Å². The molecule has 0 heterocycles. The van der Waals surface area contributed by atoms with E-state index < -0.39 is 6.10 Å². The van der Waals surface area contributed by atoms with Gasteiger partial charge >= 0.3 is 0 Å². The largest absolute Gasteiger partial charge is 0.481 e. The summed E-state index contributed by atoms with van der Waals surface area (Å²) in [5, 5.41) is 2.98. The van der Waals surface area contributed by atoms with Gasteiger partial charge < -0.3 is 10.1 Å². The van der Waals surface area contributed by atoms with Crippen molar-refractivity contribution in [2.75, 3.05) is 6.54 Å². The van der Waals surface area contributed by atoms with Crippen molar-refractivity contribution in [1.29, 1.82) is 0 Å². The lowest BCUT2D eigenvalue weighted by atomic mass is 10.1. The Morgan fingerprint density at radius 1 is 1.00 bits per heavy atom. The van der Waals surface area contributed by atoms with Crippen LogP contribution in [0, 0.1) is 0 Å². The van der Waals surface area contributed by atoms with E-state index in [1.807, 2.05) is 43.3 Å². The minimum Gasteiger partial charge on any atom is -0.481 e. The topological polar surface area (TPSA) is 38.3 Å². The molecule has 0 unspecified atom stereocenters. The van der Waals surface area contributed by atoms with Crippen LogP contribution in [0.15, 0.2) is 60.7 Å². The third-order valence-electron chi connectivity index (χ3n) is 3.72. The zero-order valence-electron chi connectivity index (χ0n) is 13.7. The molecule has 0 bridgehead atoms. The Balaban J connectivity index is 1.66. The third-order valence-corrected chi connectivity index (χ3v) is 3.72. The molecule has 0 aliphatic heterocycles. The van der Waals surface area contributed by atoms with E-state index in [1.54, 1.807) is 0 Å². The first-order valence-electron chi connectivity index (χ1n) is 8.33. The highest BCUT2D eigenvalue weighted by Crippen LogP contribution is 2.12. The van der Waals surface area contributed by atoms with Gasteiger partial charge in [0.1, 0.15) is 5.75 Å². The number of unbranched alkanes of at least 4 members (excludes halogenated alkanes) is 1. The quantitative estimate of drug-likeness (QED) is 0.711. The summed E-state index contributed by atoms with van der Waals surface area (Å²) < 4.78 is 5.74. The van der Waals surface area contributed by atoms with Crippen molar-refractivity contribution in [2.45, 2.75) is 38.7 Å². The van der Waals surface area contributed by atoms with Crippen molar-refractivity contribution in [1.82, 2.24) is 5.32 Å². The smallest absolute Gasteiger partial charge is 0.261 e. The normalized spacial score (nSPS) is 11.7. The van der Waals surface area contributed by atoms with Crippen molar-refractivity contribution in [3.63, 3.8) is 0 Å². The molecular weight excluding hydrogens is 286 g/mol. The lowest BCUT2D eigenvalue weighted by Crippen LogP contribution is -2.38. The molecule has 2 rings (SSSR count). The molecule has 122 valence electrons. The monoisotopic (exact) mass is 311 g/mol. The molecule has 2 aromatic carbocycles. The first kappa shape index (κ1) is 17.1. The molecule has 0 spiro atoms. The zero-order valence-corrected chi connectivity index (χ0v) is 13.7. The summed E-state index contributed by atoms with van der Waals surface area (Å²) in [6.45, 7) is 2.66. The van der Waals surface area contributed by atoms with Gasteiger partial charge in [-0.1, -0.05) is 55.5 Å². The van der Waals surface area contributed by atoms with Gasteiger partial charge in [-0.15, -0.1) is 0 Å². The number of nitrogens with one attached hydrogen (secondary N) is 1. The number of rotatable bonds is 9. The van der Waals surface area contributed by atoms with E-state index in [-0.39, 0.29) is 5.91 Å². The highest BCUT2D eigenvalue weighted by atomic mass is 16.5. The highest BCUT2D eigenvalue weighted by Gasteiger charge is 2.17. The Kier molecular flexibility index (Phi) is 7.18. The van der Waals surface area contributed by atoms with Crippen LogP contribution in [0.4, 0.5) is 0 Å². The summed E-state index contributed by atoms with van der Waals surface area (Å²) in [4.78, 5) is 12.2. The molecule has 1 N–H and O–H groups in total. The Morgan fingerprint density at radius 2 is 1.65 bits per heavy atom. The molecule has 0 radical (unpaired) electrons. The van der Waals surface area contributed by atoms with Crippen molar-refractivity contribution in [2.24, 2.45) is 0 Å². The molecule has 1 amide bonds. The van der Waals surface area contributed by atoms with Gasteiger partial charge in [-0.25, -0.2) is 0 Å². The SMILES string of the molecule is CC[C@H](Oc1ccccc1)C(=O)NCCCCc1ccccc1. The fourth-order valence-corrected chi connectivity index (χ4v) is 2.41. The number of carbonyl (C=O) groups excluding carboxylic acids is 1. The van der Waals surface area contributed by atoms with Gasteiger partial charge in [0.15, 0.2) is 6.10 Å². The van der Waals surface area contributed by atoms with Crippen LogP contribution in [0.25, 0.3) is 0 Å². The van der Waals surface area contributed by atoms with Crippen molar-refractivity contribution >= 4 is 5.91 Å². The van der Waals surface area contributed by atoms with Crippen LogP contribution in [-0.4, -0.2) is 18.6 Å². The standard InChI is InChI=1S/C20H25NO2/c1-2-19(23-18-14-7-4-8-15-18)20(22)21-16-10-9-13-17-11-5-3-6-12-17/h3-8,11-12,14-15,19H,2,9-10,13,16H2,1H3,(H,21,22)/t19-/m0/s1. The molecule has 0 fully saturated rings. The molecule has 0 aliphatic carbocycles. The fourth-order valence-electron chi connectivity index (χ4n) is 2.41. The summed E-state index contributed by atoms with van der Waals surface area (Å²) in [5.74, 6) is 0.703. The van der Waals surface area contributed by atoms with Gasteiger partial charge in [-0.05, 0) is 43.4 Å². The Labute approximate surface area is 138 Å². The van der Waals surface area contributed by atoms with Crippen molar-refractivity contribution in [3.8, 4) is 5.75 Å². The molecule has 1 atom stereocenters. The summed E-state index contributed by atoms with van der Waals surface area (Å²) >= 11 is 0.